The van der Waals surface area contributed by atoms with Crippen LogP contribution in [0.3, 0.4) is 0 Å². The third kappa shape index (κ3) is 2.51. The Morgan fingerprint density at radius 1 is 1.27 bits per heavy atom. The molecule has 1 aromatic rings. The average molecular weight is 223 g/mol. The van der Waals surface area contributed by atoms with E-state index in [9.17, 15) is 0 Å². The highest BCUT2D eigenvalue weighted by molar-refractivity contribution is 6.31. The zero-order valence-corrected chi connectivity index (χ0v) is 9.43. The second kappa shape index (κ2) is 4.67. The van der Waals surface area contributed by atoms with E-state index in [2.05, 4.69) is 4.90 Å². The molecule has 1 aliphatic heterocycles. The van der Waals surface area contributed by atoms with Crippen LogP contribution < -0.4 is 0 Å². The predicted molar refractivity (Wildman–Crippen MR) is 63.4 cm³/mol. The Morgan fingerprint density at radius 3 is 2.80 bits per heavy atom. The minimum absolute atomic E-state index is 0.751. The number of benzene rings is 1. The lowest BCUT2D eigenvalue weighted by Crippen LogP contribution is -2.34. The Kier molecular flexibility index (Phi) is 3.27. The van der Waals surface area contributed by atoms with Gasteiger partial charge in [-0.05, 0) is 24.5 Å². The molecule has 15 heavy (non-hydrogen) atoms. The average Bonchev–Trinajstić information content (AvgIpc) is 2.24. The van der Waals surface area contributed by atoms with Gasteiger partial charge in [0.05, 0.1) is 5.84 Å². The van der Waals surface area contributed by atoms with Crippen LogP contribution in [0.4, 0.5) is 0 Å². The van der Waals surface area contributed by atoms with E-state index in [4.69, 9.17) is 17.0 Å². The van der Waals surface area contributed by atoms with Crippen molar-refractivity contribution in [2.75, 3.05) is 6.54 Å². The fourth-order valence-corrected chi connectivity index (χ4v) is 2.09. The minimum Gasteiger partial charge on any atom is -0.356 e. The van der Waals surface area contributed by atoms with Crippen molar-refractivity contribution in [1.82, 2.24) is 4.90 Å². The van der Waals surface area contributed by atoms with Crippen LogP contribution in [0, 0.1) is 5.41 Å². The maximum Gasteiger partial charge on any atom is 0.0960 e. The Labute approximate surface area is 95.4 Å². The number of hydrogen-bond acceptors (Lipinski definition) is 1. The summed E-state index contributed by atoms with van der Waals surface area (Å²) in [5.41, 5.74) is 1.12. The first kappa shape index (κ1) is 10.5. The summed E-state index contributed by atoms with van der Waals surface area (Å²) in [5, 5.41) is 8.65. The van der Waals surface area contributed by atoms with E-state index in [1.807, 2.05) is 24.3 Å². The van der Waals surface area contributed by atoms with Gasteiger partial charge in [-0.15, -0.1) is 0 Å². The van der Waals surface area contributed by atoms with E-state index in [0.29, 0.717) is 0 Å². The first-order valence-corrected chi connectivity index (χ1v) is 5.71. The van der Waals surface area contributed by atoms with E-state index < -0.39 is 0 Å². The van der Waals surface area contributed by atoms with Crippen LogP contribution in [0.1, 0.15) is 24.8 Å². The molecule has 0 aliphatic carbocycles. The summed E-state index contributed by atoms with van der Waals surface area (Å²) in [6.07, 6.45) is 3.25. The smallest absolute Gasteiger partial charge is 0.0960 e. The van der Waals surface area contributed by atoms with Gasteiger partial charge in [0.1, 0.15) is 0 Å². The normalized spacial score (nSPS) is 16.9. The van der Waals surface area contributed by atoms with Crippen LogP contribution in [0.5, 0.6) is 0 Å². The molecule has 0 amide bonds. The van der Waals surface area contributed by atoms with Crippen molar-refractivity contribution >= 4 is 17.4 Å². The van der Waals surface area contributed by atoms with Gasteiger partial charge < -0.3 is 4.90 Å². The molecule has 0 unspecified atom stereocenters. The lowest BCUT2D eigenvalue weighted by molar-refractivity contribution is 0.361. The van der Waals surface area contributed by atoms with Crippen molar-refractivity contribution < 1.29 is 0 Å². The summed E-state index contributed by atoms with van der Waals surface area (Å²) < 4.78 is 0. The molecular weight excluding hydrogens is 208 g/mol. The molecule has 1 fully saturated rings. The quantitative estimate of drug-likeness (QED) is 0.817. The third-order valence-corrected chi connectivity index (χ3v) is 3.16. The summed E-state index contributed by atoms with van der Waals surface area (Å²) in [6, 6.07) is 7.87. The van der Waals surface area contributed by atoms with Gasteiger partial charge in [-0.2, -0.15) is 0 Å². The Balaban J connectivity index is 2.08. The van der Waals surface area contributed by atoms with Crippen molar-refractivity contribution in [2.24, 2.45) is 0 Å². The van der Waals surface area contributed by atoms with Gasteiger partial charge in [0.15, 0.2) is 0 Å². The molecule has 0 aromatic heterocycles. The molecule has 3 heteroatoms. The topological polar surface area (TPSA) is 27.1 Å². The van der Waals surface area contributed by atoms with Gasteiger partial charge in [0.2, 0.25) is 0 Å². The molecule has 1 heterocycles. The highest BCUT2D eigenvalue weighted by Gasteiger charge is 2.15. The molecule has 2 rings (SSSR count). The zero-order chi connectivity index (χ0) is 10.7. The number of nitrogens with one attached hydrogen (secondary N) is 1. The molecule has 80 valence electrons. The van der Waals surface area contributed by atoms with Crippen LogP contribution in [-0.2, 0) is 6.54 Å². The molecule has 0 saturated carbocycles. The third-order valence-electron chi connectivity index (χ3n) is 2.79. The molecule has 0 atom stereocenters. The van der Waals surface area contributed by atoms with E-state index in [-0.39, 0.29) is 0 Å². The lowest BCUT2D eigenvalue weighted by atomic mass is 10.1. The number of nitrogens with zero attached hydrogens (tertiary/aromatic N) is 1. The fraction of sp³-hybridized carbons (Fsp3) is 0.417. The molecule has 1 saturated heterocycles. The van der Waals surface area contributed by atoms with Crippen molar-refractivity contribution in [3.63, 3.8) is 0 Å². The Morgan fingerprint density at radius 2 is 2.07 bits per heavy atom. The number of piperidine rings is 1. The van der Waals surface area contributed by atoms with Gasteiger partial charge in [-0.25, -0.2) is 0 Å². The van der Waals surface area contributed by atoms with E-state index >= 15 is 0 Å². The number of likely N-dealkylation sites (tertiary alicyclic amines) is 1. The second-order valence-corrected chi connectivity index (χ2v) is 4.32. The summed E-state index contributed by atoms with van der Waals surface area (Å²) in [4.78, 5) is 2.12. The van der Waals surface area contributed by atoms with Crippen molar-refractivity contribution in [3.05, 3.63) is 34.9 Å². The van der Waals surface area contributed by atoms with Crippen molar-refractivity contribution in [3.8, 4) is 0 Å². The van der Waals surface area contributed by atoms with Gasteiger partial charge >= 0.3 is 0 Å². The number of hydrogen-bond donors (Lipinski definition) is 1. The molecular formula is C12H15ClN2. The second-order valence-electron chi connectivity index (χ2n) is 3.92. The summed E-state index contributed by atoms with van der Waals surface area (Å²) >= 11 is 6.09. The van der Waals surface area contributed by atoms with Crippen LogP contribution in [0.15, 0.2) is 24.3 Å². The highest BCUT2D eigenvalue weighted by Crippen LogP contribution is 2.20. The van der Waals surface area contributed by atoms with Gasteiger partial charge in [-0.1, -0.05) is 29.8 Å². The lowest BCUT2D eigenvalue weighted by Gasteiger charge is -2.29. The maximum atomic E-state index is 7.85. The Bertz CT molecular complexity index is 362. The molecule has 0 spiro atoms. The van der Waals surface area contributed by atoms with Gasteiger partial charge in [0, 0.05) is 24.5 Å². The largest absolute Gasteiger partial charge is 0.356 e. The van der Waals surface area contributed by atoms with E-state index in [1.54, 1.807) is 0 Å². The first-order chi connectivity index (χ1) is 7.27. The molecule has 1 aliphatic rings. The maximum absolute atomic E-state index is 7.85. The number of halogens is 1. The monoisotopic (exact) mass is 222 g/mol. The van der Waals surface area contributed by atoms with Crippen LogP contribution in [0.25, 0.3) is 0 Å². The zero-order valence-electron chi connectivity index (χ0n) is 8.67. The summed E-state index contributed by atoms with van der Waals surface area (Å²) in [7, 11) is 0. The molecule has 1 N–H and O–H groups in total. The number of rotatable bonds is 2. The SMILES string of the molecule is N=C1CCCCN1Cc1ccccc1Cl. The van der Waals surface area contributed by atoms with E-state index in [0.717, 1.165) is 42.4 Å². The van der Waals surface area contributed by atoms with Crippen molar-refractivity contribution in [1.29, 1.82) is 5.41 Å². The van der Waals surface area contributed by atoms with Crippen LogP contribution in [-0.4, -0.2) is 17.3 Å². The number of amidine groups is 1. The van der Waals surface area contributed by atoms with Crippen molar-refractivity contribution in [2.45, 2.75) is 25.8 Å². The highest BCUT2D eigenvalue weighted by atomic mass is 35.5. The fourth-order valence-electron chi connectivity index (χ4n) is 1.89. The first-order valence-electron chi connectivity index (χ1n) is 5.33. The van der Waals surface area contributed by atoms with Gasteiger partial charge in [0.25, 0.3) is 0 Å². The summed E-state index contributed by atoms with van der Waals surface area (Å²) in [5.74, 6) is 0.751. The molecule has 2 nitrogen and oxygen atoms in total. The standard InChI is InChI=1S/C12H15ClN2/c13-11-6-2-1-5-10(11)9-15-8-4-3-7-12(15)14/h1-2,5-6,14H,3-4,7-9H2. The predicted octanol–water partition coefficient (Wildman–Crippen LogP) is 3.30. The Hall–Kier alpha value is -1.02. The van der Waals surface area contributed by atoms with Gasteiger partial charge in [-0.3, -0.25) is 5.41 Å². The summed E-state index contributed by atoms with van der Waals surface area (Å²) in [6.45, 7) is 1.77. The molecule has 0 bridgehead atoms. The molecule has 1 aromatic carbocycles. The van der Waals surface area contributed by atoms with E-state index in [1.165, 1.54) is 6.42 Å². The molecule has 0 radical (unpaired) electrons. The van der Waals surface area contributed by atoms with Crippen LogP contribution >= 0.6 is 11.6 Å². The minimum atomic E-state index is 0.751. The van der Waals surface area contributed by atoms with Crippen LogP contribution in [0.2, 0.25) is 5.02 Å².